The molecule has 1 unspecified atom stereocenters. The van der Waals surface area contributed by atoms with Crippen LogP contribution in [0.5, 0.6) is 17.2 Å². The number of nitrogens with zero attached hydrogens (tertiary/aromatic N) is 4. The Morgan fingerprint density at radius 2 is 1.35 bits per heavy atom. The molecule has 18 heteroatoms. The molecule has 0 aliphatic carbocycles. The molecule has 15 nitrogen and oxygen atoms in total. The molecule has 280 valence electrons. The van der Waals surface area contributed by atoms with Gasteiger partial charge in [-0.15, -0.1) is 0 Å². The lowest BCUT2D eigenvalue weighted by Crippen LogP contribution is -2.51. The number of phenolic OH excluding ortho intramolecular Hbond substituents is 1. The number of nitrogens with one attached hydrogen (secondary N) is 1. The molecule has 2 aromatic carbocycles. The number of rotatable bonds is 16. The minimum Gasteiger partial charge on any atom is -0.507 e. The Balaban J connectivity index is 1.61. The van der Waals surface area contributed by atoms with Crippen LogP contribution in [0.15, 0.2) is 30.3 Å². The minimum absolute atomic E-state index is 0.107. The van der Waals surface area contributed by atoms with E-state index in [9.17, 15) is 44.4 Å². The van der Waals surface area contributed by atoms with Gasteiger partial charge in [-0.1, -0.05) is 0 Å². The number of carbonyl (C=O) groups is 5. The summed E-state index contributed by atoms with van der Waals surface area (Å²) in [5.74, 6) is -1.92. The summed E-state index contributed by atoms with van der Waals surface area (Å²) in [7, 11) is 0. The molecule has 0 bridgehead atoms. The summed E-state index contributed by atoms with van der Waals surface area (Å²) in [5.41, 5.74) is 0.786. The van der Waals surface area contributed by atoms with Gasteiger partial charge < -0.3 is 35.3 Å². The van der Waals surface area contributed by atoms with Crippen molar-refractivity contribution < 1.29 is 49.1 Å². The average Bonchev–Trinajstić information content (AvgIpc) is 3.04. The van der Waals surface area contributed by atoms with Gasteiger partial charge in [0, 0.05) is 58.9 Å². The van der Waals surface area contributed by atoms with Gasteiger partial charge in [0.05, 0.1) is 36.8 Å². The number of hydrogen-bond donors (Lipinski definition) is 5. The van der Waals surface area contributed by atoms with Crippen LogP contribution in [-0.2, 0) is 30.4 Å². The largest absolute Gasteiger partial charge is 0.507 e. The number of aliphatic carboxylic acids is 3. The normalized spacial score (nSPS) is 16.4. The van der Waals surface area contributed by atoms with Gasteiger partial charge in [0.25, 0.3) is 0 Å². The molecular weight excluding hydrogens is 1010 g/mol. The maximum atomic E-state index is 12.9. The van der Waals surface area contributed by atoms with Crippen LogP contribution in [0.1, 0.15) is 18.4 Å². The molecule has 1 fully saturated rings. The quantitative estimate of drug-likeness (QED) is 0.0934. The Morgan fingerprint density at radius 3 is 1.88 bits per heavy atom. The fourth-order valence-electron chi connectivity index (χ4n) is 5.57. The number of aromatic hydroxyl groups is 1. The summed E-state index contributed by atoms with van der Waals surface area (Å²) in [6.07, 6.45) is 1.49. The number of halogens is 3. The highest BCUT2D eigenvalue weighted by Gasteiger charge is 2.27. The SMILES string of the molecule is O=CCN1CCN(CC(=O)O)CCN(CC(=O)O)CCN(C(CCCNC(=O)Cc2cc(I)c(Oc3ccc(O)c(I)c3)c(I)c2)C(=O)O)CC1. The number of benzene rings is 2. The Morgan fingerprint density at radius 1 is 0.804 bits per heavy atom. The summed E-state index contributed by atoms with van der Waals surface area (Å²) in [6.45, 7) is 2.31. The number of phenols is 1. The molecule has 1 amide bonds. The smallest absolute Gasteiger partial charge is 0.320 e. The van der Waals surface area contributed by atoms with E-state index >= 15 is 0 Å². The van der Waals surface area contributed by atoms with Crippen molar-refractivity contribution in [2.45, 2.75) is 25.3 Å². The molecule has 1 heterocycles. The average molecular weight is 1050 g/mol. The first-order valence-electron chi connectivity index (χ1n) is 16.2. The highest BCUT2D eigenvalue weighted by molar-refractivity contribution is 14.1. The molecule has 3 rings (SSSR count). The minimum atomic E-state index is -1.04. The first kappa shape index (κ1) is 43.0. The van der Waals surface area contributed by atoms with Crippen molar-refractivity contribution in [3.8, 4) is 17.2 Å². The molecule has 5 N–H and O–H groups in total. The molecule has 51 heavy (non-hydrogen) atoms. The summed E-state index contributed by atoms with van der Waals surface area (Å²) in [5, 5.41) is 41.7. The Hall–Kier alpha value is -2.38. The van der Waals surface area contributed by atoms with E-state index < -0.39 is 23.9 Å². The summed E-state index contributed by atoms with van der Waals surface area (Å²) in [4.78, 5) is 66.7. The van der Waals surface area contributed by atoms with Crippen LogP contribution >= 0.6 is 67.8 Å². The molecule has 0 saturated carbocycles. The molecule has 0 spiro atoms. The Kier molecular flexibility index (Phi) is 18.5. The summed E-state index contributed by atoms with van der Waals surface area (Å²) in [6, 6.07) is 7.79. The molecular formula is C33H42I3N5O10. The van der Waals surface area contributed by atoms with Crippen molar-refractivity contribution >= 4 is 97.9 Å². The first-order valence-corrected chi connectivity index (χ1v) is 19.4. The second-order valence-electron chi connectivity index (χ2n) is 12.0. The van der Waals surface area contributed by atoms with Gasteiger partial charge in [-0.2, -0.15) is 0 Å². The van der Waals surface area contributed by atoms with Gasteiger partial charge in [-0.25, -0.2) is 0 Å². The lowest BCUT2D eigenvalue weighted by molar-refractivity contribution is -0.144. The lowest BCUT2D eigenvalue weighted by atomic mass is 10.1. The third-order valence-corrected chi connectivity index (χ3v) is 10.7. The number of carboxylic acid groups (broad SMARTS) is 3. The van der Waals surface area contributed by atoms with Crippen LogP contribution in [0.25, 0.3) is 0 Å². The van der Waals surface area contributed by atoms with Crippen LogP contribution in [0.2, 0.25) is 0 Å². The van der Waals surface area contributed by atoms with Crippen molar-refractivity contribution in [1.29, 1.82) is 0 Å². The summed E-state index contributed by atoms with van der Waals surface area (Å²) >= 11 is 6.33. The molecule has 1 saturated heterocycles. The van der Waals surface area contributed by atoms with Crippen molar-refractivity contribution in [3.63, 3.8) is 0 Å². The van der Waals surface area contributed by atoms with Crippen molar-refractivity contribution in [3.05, 3.63) is 46.6 Å². The van der Waals surface area contributed by atoms with Crippen LogP contribution in [0.3, 0.4) is 0 Å². The number of aldehydes is 1. The summed E-state index contributed by atoms with van der Waals surface area (Å²) < 4.78 is 8.34. The van der Waals surface area contributed by atoms with Crippen molar-refractivity contribution in [2.24, 2.45) is 0 Å². The molecule has 0 aromatic heterocycles. The molecule has 2 aromatic rings. The van der Waals surface area contributed by atoms with Crippen LogP contribution in [0, 0.1) is 10.7 Å². The fourth-order valence-corrected chi connectivity index (χ4v) is 8.17. The van der Waals surface area contributed by atoms with E-state index in [0.29, 0.717) is 54.2 Å². The molecule has 1 atom stereocenters. The predicted molar refractivity (Wildman–Crippen MR) is 212 cm³/mol. The van der Waals surface area contributed by atoms with Gasteiger partial charge in [0.2, 0.25) is 5.91 Å². The van der Waals surface area contributed by atoms with E-state index in [2.05, 4.69) is 50.5 Å². The zero-order chi connectivity index (χ0) is 37.5. The maximum absolute atomic E-state index is 12.9. The third kappa shape index (κ3) is 15.2. The zero-order valence-corrected chi connectivity index (χ0v) is 34.3. The topological polar surface area (TPSA) is 200 Å². The Bertz CT molecular complexity index is 1510. The number of carbonyl (C=O) groups excluding carboxylic acids is 2. The predicted octanol–water partition coefficient (Wildman–Crippen LogP) is 2.48. The van der Waals surface area contributed by atoms with Gasteiger partial charge in [-0.05, 0) is 117 Å². The number of amides is 1. The molecule has 1 aliphatic rings. The first-order chi connectivity index (χ1) is 24.2. The second kappa shape index (κ2) is 22.0. The lowest BCUT2D eigenvalue weighted by Gasteiger charge is -2.35. The van der Waals surface area contributed by atoms with Gasteiger partial charge in [0.1, 0.15) is 23.8 Å². The molecule has 0 radical (unpaired) electrons. The van der Waals surface area contributed by atoms with Gasteiger partial charge in [-0.3, -0.25) is 38.8 Å². The molecule has 1 aliphatic heterocycles. The standard InChI is InChI=1S/C33H42I3N5O10/c34-24-19-23(3-4-28(24)43)51-32-25(35)16-22(17-26(32)36)18-29(44)37-5-1-2-27(33(49)50)41-12-10-38(14-15-42)6-7-39(20-30(45)46)8-9-40(11-13-41)21-31(47)48/h3-4,15-17,19,27,43H,1-2,5-14,18,20-21H2,(H,37,44)(H,45,46)(H,47,48)(H,49,50). The number of hydrogen-bond acceptors (Lipinski definition) is 11. The van der Waals surface area contributed by atoms with E-state index in [0.717, 1.165) is 19.0 Å². The van der Waals surface area contributed by atoms with E-state index in [-0.39, 0.29) is 70.3 Å². The number of carboxylic acids is 3. The fraction of sp³-hybridized carbons (Fsp3) is 0.485. The highest BCUT2D eigenvalue weighted by Crippen LogP contribution is 2.35. The zero-order valence-electron chi connectivity index (χ0n) is 27.8. The van der Waals surface area contributed by atoms with Crippen LogP contribution in [-0.4, -0.2) is 155 Å². The van der Waals surface area contributed by atoms with Gasteiger partial charge >= 0.3 is 17.9 Å². The van der Waals surface area contributed by atoms with Crippen molar-refractivity contribution in [2.75, 3.05) is 78.5 Å². The number of ether oxygens (including phenoxy) is 1. The van der Waals surface area contributed by atoms with Crippen LogP contribution < -0.4 is 10.1 Å². The van der Waals surface area contributed by atoms with Gasteiger partial charge in [0.15, 0.2) is 5.75 Å². The van der Waals surface area contributed by atoms with E-state index in [1.807, 2.05) is 39.6 Å². The van der Waals surface area contributed by atoms with E-state index in [1.54, 1.807) is 32.9 Å². The van der Waals surface area contributed by atoms with E-state index in [4.69, 9.17) is 4.74 Å². The van der Waals surface area contributed by atoms with E-state index in [1.165, 1.54) is 0 Å². The maximum Gasteiger partial charge on any atom is 0.320 e. The van der Waals surface area contributed by atoms with Crippen molar-refractivity contribution in [1.82, 2.24) is 24.9 Å². The third-order valence-electron chi connectivity index (χ3n) is 8.19. The van der Waals surface area contributed by atoms with Crippen LogP contribution in [0.4, 0.5) is 0 Å². The second-order valence-corrected chi connectivity index (χ2v) is 15.5. The highest BCUT2D eigenvalue weighted by atomic mass is 127. The monoisotopic (exact) mass is 1050 g/mol. The Labute approximate surface area is 337 Å².